The second-order valence-corrected chi connectivity index (χ2v) is 4.92. The van der Waals surface area contributed by atoms with Crippen LogP contribution in [0.25, 0.3) is 10.8 Å². The highest BCUT2D eigenvalue weighted by atomic mass is 32.2. The molecule has 0 aliphatic heterocycles. The number of aryl methyl sites for hydroxylation is 1. The molecule has 0 aliphatic carbocycles. The monoisotopic (exact) mass is 257 g/mol. The van der Waals surface area contributed by atoms with Crippen LogP contribution in [0, 0.1) is 6.92 Å². The molecule has 0 fully saturated rings. The summed E-state index contributed by atoms with van der Waals surface area (Å²) in [5, 5.41) is 2.65. The molecule has 0 unspecified atom stereocenters. The van der Waals surface area contributed by atoms with Gasteiger partial charge in [0.1, 0.15) is 6.26 Å². The molecule has 0 amide bonds. The maximum atomic E-state index is 5.93. The van der Waals surface area contributed by atoms with Crippen molar-refractivity contribution in [2.24, 2.45) is 0 Å². The Morgan fingerprint density at radius 3 is 2.89 bits per heavy atom. The Morgan fingerprint density at radius 1 is 1.22 bits per heavy atom. The van der Waals surface area contributed by atoms with Gasteiger partial charge < -0.3 is 10.2 Å². The van der Waals surface area contributed by atoms with Gasteiger partial charge in [-0.1, -0.05) is 0 Å². The smallest absolute Gasteiger partial charge is 0.260 e. The maximum Gasteiger partial charge on any atom is 0.260 e. The zero-order valence-electron chi connectivity index (χ0n) is 9.75. The Hall–Kier alpha value is -2.01. The highest BCUT2D eigenvalue weighted by Crippen LogP contribution is 2.34. The minimum atomic E-state index is 0.635. The molecular formula is C13H11N3OS. The molecule has 0 bridgehead atoms. The highest BCUT2D eigenvalue weighted by molar-refractivity contribution is 7.99. The Balaban J connectivity index is 2.09. The lowest BCUT2D eigenvalue weighted by molar-refractivity contribution is 0.454. The lowest BCUT2D eigenvalue weighted by atomic mass is 10.1. The second-order valence-electron chi connectivity index (χ2n) is 3.93. The van der Waals surface area contributed by atoms with E-state index in [0.29, 0.717) is 5.22 Å². The number of fused-ring (bicyclic) bond motifs is 1. The van der Waals surface area contributed by atoms with Crippen molar-refractivity contribution in [2.75, 3.05) is 5.73 Å². The number of aromatic nitrogens is 2. The first-order valence-corrected chi connectivity index (χ1v) is 6.28. The topological polar surface area (TPSA) is 64.9 Å². The number of nitrogen functional groups attached to an aromatic ring is 1. The largest absolute Gasteiger partial charge is 0.439 e. The molecule has 3 rings (SSSR count). The molecular weight excluding hydrogens is 246 g/mol. The van der Waals surface area contributed by atoms with Gasteiger partial charge in [-0.15, -0.1) is 0 Å². The number of hydrogen-bond acceptors (Lipinski definition) is 5. The van der Waals surface area contributed by atoms with E-state index in [1.54, 1.807) is 18.7 Å². The quantitative estimate of drug-likeness (QED) is 0.714. The van der Waals surface area contributed by atoms with E-state index >= 15 is 0 Å². The van der Waals surface area contributed by atoms with Crippen molar-refractivity contribution in [2.45, 2.75) is 17.0 Å². The summed E-state index contributed by atoms with van der Waals surface area (Å²) in [6, 6.07) is 5.80. The molecule has 2 heterocycles. The summed E-state index contributed by atoms with van der Waals surface area (Å²) in [5.74, 6) is 0. The molecule has 2 aromatic heterocycles. The molecule has 3 aromatic rings. The zero-order chi connectivity index (χ0) is 12.5. The SMILES string of the molecule is Cc1coc(Sc2ccc(N)c3cnccc23)n1. The van der Waals surface area contributed by atoms with Crippen molar-refractivity contribution in [3.05, 3.63) is 42.5 Å². The average Bonchev–Trinajstić information content (AvgIpc) is 2.79. The third kappa shape index (κ3) is 1.93. The first-order valence-electron chi connectivity index (χ1n) is 5.46. The van der Waals surface area contributed by atoms with Crippen LogP contribution in [-0.2, 0) is 0 Å². The van der Waals surface area contributed by atoms with Gasteiger partial charge in [-0.25, -0.2) is 4.98 Å². The van der Waals surface area contributed by atoms with Gasteiger partial charge in [0.05, 0.1) is 5.69 Å². The van der Waals surface area contributed by atoms with Crippen LogP contribution in [0.1, 0.15) is 5.69 Å². The van der Waals surface area contributed by atoms with Crippen LogP contribution in [0.4, 0.5) is 5.69 Å². The summed E-state index contributed by atoms with van der Waals surface area (Å²) < 4.78 is 5.35. The number of nitrogens with zero attached hydrogens (tertiary/aromatic N) is 2. The van der Waals surface area contributed by atoms with Crippen molar-refractivity contribution in [1.29, 1.82) is 0 Å². The minimum absolute atomic E-state index is 0.635. The maximum absolute atomic E-state index is 5.93. The molecule has 0 spiro atoms. The second kappa shape index (κ2) is 4.34. The fourth-order valence-electron chi connectivity index (χ4n) is 1.75. The summed E-state index contributed by atoms with van der Waals surface area (Å²) in [4.78, 5) is 9.44. The van der Waals surface area contributed by atoms with E-state index in [-0.39, 0.29) is 0 Å². The lowest BCUT2D eigenvalue weighted by Crippen LogP contribution is -1.89. The number of oxazole rings is 1. The van der Waals surface area contributed by atoms with Gasteiger partial charge >= 0.3 is 0 Å². The van der Waals surface area contributed by atoms with Crippen molar-refractivity contribution < 1.29 is 4.42 Å². The third-order valence-corrected chi connectivity index (χ3v) is 3.55. The van der Waals surface area contributed by atoms with E-state index in [0.717, 1.165) is 27.0 Å². The molecule has 5 heteroatoms. The first kappa shape index (κ1) is 11.1. The van der Waals surface area contributed by atoms with Gasteiger partial charge in [0.25, 0.3) is 5.22 Å². The molecule has 4 nitrogen and oxygen atoms in total. The molecule has 1 aromatic carbocycles. The average molecular weight is 257 g/mol. The summed E-state index contributed by atoms with van der Waals surface area (Å²) >= 11 is 1.49. The van der Waals surface area contributed by atoms with Crippen LogP contribution in [0.5, 0.6) is 0 Å². The number of rotatable bonds is 2. The van der Waals surface area contributed by atoms with Crippen LogP contribution < -0.4 is 5.73 Å². The van der Waals surface area contributed by atoms with Crippen LogP contribution in [-0.4, -0.2) is 9.97 Å². The van der Waals surface area contributed by atoms with Gasteiger partial charge in [-0.3, -0.25) is 4.98 Å². The van der Waals surface area contributed by atoms with Crippen LogP contribution in [0.15, 0.2) is 51.4 Å². The number of nitrogens with two attached hydrogens (primary N) is 1. The summed E-state index contributed by atoms with van der Waals surface area (Å²) in [6.07, 6.45) is 5.17. The molecule has 90 valence electrons. The predicted octanol–water partition coefficient (Wildman–Crippen LogP) is 3.26. The Kier molecular flexibility index (Phi) is 2.68. The van der Waals surface area contributed by atoms with Gasteiger partial charge in [0, 0.05) is 33.7 Å². The van der Waals surface area contributed by atoms with Crippen molar-refractivity contribution in [1.82, 2.24) is 9.97 Å². The zero-order valence-corrected chi connectivity index (χ0v) is 10.6. The van der Waals surface area contributed by atoms with Gasteiger partial charge in [0.15, 0.2) is 0 Å². The summed E-state index contributed by atoms with van der Waals surface area (Å²) in [5.41, 5.74) is 7.54. The normalized spacial score (nSPS) is 10.9. The predicted molar refractivity (Wildman–Crippen MR) is 71.5 cm³/mol. The van der Waals surface area contributed by atoms with E-state index < -0.39 is 0 Å². The molecule has 0 atom stereocenters. The van der Waals surface area contributed by atoms with E-state index in [1.165, 1.54) is 11.8 Å². The molecule has 0 saturated carbocycles. The lowest BCUT2D eigenvalue weighted by Gasteiger charge is -2.05. The molecule has 0 aliphatic rings. The Morgan fingerprint density at radius 2 is 2.11 bits per heavy atom. The van der Waals surface area contributed by atoms with Crippen molar-refractivity contribution in [3.8, 4) is 0 Å². The van der Waals surface area contributed by atoms with Crippen LogP contribution in [0.3, 0.4) is 0 Å². The number of anilines is 1. The first-order chi connectivity index (χ1) is 8.74. The van der Waals surface area contributed by atoms with E-state index in [2.05, 4.69) is 9.97 Å². The number of pyridine rings is 1. The fourth-order valence-corrected chi connectivity index (χ4v) is 2.64. The van der Waals surface area contributed by atoms with E-state index in [4.69, 9.17) is 10.2 Å². The Bertz CT molecular complexity index is 708. The van der Waals surface area contributed by atoms with Crippen molar-refractivity contribution in [3.63, 3.8) is 0 Å². The number of benzene rings is 1. The van der Waals surface area contributed by atoms with Crippen LogP contribution >= 0.6 is 11.8 Å². The van der Waals surface area contributed by atoms with Crippen LogP contribution in [0.2, 0.25) is 0 Å². The summed E-state index contributed by atoms with van der Waals surface area (Å²) in [7, 11) is 0. The molecule has 18 heavy (non-hydrogen) atoms. The molecule has 2 N–H and O–H groups in total. The Labute approximate surface area is 108 Å². The van der Waals surface area contributed by atoms with E-state index in [1.807, 2.05) is 25.1 Å². The third-order valence-electron chi connectivity index (χ3n) is 2.61. The minimum Gasteiger partial charge on any atom is -0.439 e. The summed E-state index contributed by atoms with van der Waals surface area (Å²) in [6.45, 7) is 1.90. The van der Waals surface area contributed by atoms with Crippen molar-refractivity contribution >= 4 is 28.2 Å². The fraction of sp³-hybridized carbons (Fsp3) is 0.0769. The van der Waals surface area contributed by atoms with Gasteiger partial charge in [-0.2, -0.15) is 0 Å². The highest BCUT2D eigenvalue weighted by Gasteiger charge is 2.08. The van der Waals surface area contributed by atoms with E-state index in [9.17, 15) is 0 Å². The number of hydrogen-bond donors (Lipinski definition) is 1. The standard InChI is InChI=1S/C13H11N3OS/c1-8-7-17-13(16-8)18-12-3-2-11(14)10-6-15-5-4-9(10)12/h2-7H,14H2,1H3. The van der Waals surface area contributed by atoms with Gasteiger partial charge in [0.2, 0.25) is 0 Å². The molecule has 0 saturated heterocycles. The molecule has 0 radical (unpaired) electrons. The van der Waals surface area contributed by atoms with Gasteiger partial charge in [-0.05, 0) is 36.9 Å².